The van der Waals surface area contributed by atoms with E-state index in [1.807, 2.05) is 36.4 Å². The van der Waals surface area contributed by atoms with Crippen LogP contribution >= 0.6 is 23.2 Å². The summed E-state index contributed by atoms with van der Waals surface area (Å²) in [5.74, 6) is 6.14. The number of aliphatic imine (C=N–C) groups is 2. The molecule has 0 spiro atoms. The quantitative estimate of drug-likeness (QED) is 0.622. The molecular weight excluding hydrogens is 307 g/mol. The van der Waals surface area contributed by atoms with Crippen LogP contribution in [-0.2, 0) is 0 Å². The van der Waals surface area contributed by atoms with Gasteiger partial charge in [-0.15, -0.1) is 0 Å². The van der Waals surface area contributed by atoms with Gasteiger partial charge in [0.2, 0.25) is 0 Å². The maximum Gasteiger partial charge on any atom is 0.146 e. The summed E-state index contributed by atoms with van der Waals surface area (Å²) in [5.41, 5.74) is 5.05. The number of benzene rings is 2. The maximum absolute atomic E-state index is 6.25. The number of rotatable bonds is 1. The molecule has 2 aromatic carbocycles. The Hall–Kier alpha value is -1.88. The Kier molecular flexibility index (Phi) is 3.92. The van der Waals surface area contributed by atoms with Crippen molar-refractivity contribution in [2.45, 2.75) is 6.04 Å². The van der Waals surface area contributed by atoms with E-state index in [-0.39, 0.29) is 6.04 Å². The van der Waals surface area contributed by atoms with Gasteiger partial charge in [0.1, 0.15) is 11.9 Å². The summed E-state index contributed by atoms with van der Waals surface area (Å²) in [5, 5.41) is 1.25. The van der Waals surface area contributed by atoms with Crippen LogP contribution in [0.2, 0.25) is 10.0 Å². The fraction of sp³-hybridized carbons (Fsp3) is 0.0667. The summed E-state index contributed by atoms with van der Waals surface area (Å²) in [6, 6.07) is 12.5. The molecule has 0 saturated carbocycles. The Morgan fingerprint density at radius 2 is 1.90 bits per heavy atom. The minimum absolute atomic E-state index is 0.380. The monoisotopic (exact) mass is 318 g/mol. The van der Waals surface area contributed by atoms with Crippen molar-refractivity contribution in [3.05, 3.63) is 63.6 Å². The zero-order valence-corrected chi connectivity index (χ0v) is 12.4. The van der Waals surface area contributed by atoms with Crippen molar-refractivity contribution < 1.29 is 0 Å². The van der Waals surface area contributed by atoms with E-state index in [0.29, 0.717) is 15.9 Å². The summed E-state index contributed by atoms with van der Waals surface area (Å²) in [4.78, 5) is 9.08. The number of nitrogens with two attached hydrogens (primary N) is 1. The second-order valence-corrected chi connectivity index (χ2v) is 5.39. The van der Waals surface area contributed by atoms with Crippen molar-refractivity contribution in [2.24, 2.45) is 15.8 Å². The summed E-state index contributed by atoms with van der Waals surface area (Å²) >= 11 is 12.3. The topological polar surface area (TPSA) is 62.8 Å². The summed E-state index contributed by atoms with van der Waals surface area (Å²) in [6.45, 7) is 0. The average molecular weight is 319 g/mol. The molecule has 1 atom stereocenters. The molecule has 0 saturated heterocycles. The molecule has 6 heteroatoms. The van der Waals surface area contributed by atoms with Gasteiger partial charge in [-0.2, -0.15) is 0 Å². The average Bonchev–Trinajstić information content (AvgIpc) is 2.66. The highest BCUT2D eigenvalue weighted by atomic mass is 35.5. The molecule has 2 aromatic rings. The number of amidine groups is 1. The van der Waals surface area contributed by atoms with Crippen molar-refractivity contribution in [3.8, 4) is 0 Å². The van der Waals surface area contributed by atoms with Crippen LogP contribution in [0.15, 0.2) is 52.4 Å². The highest BCUT2D eigenvalue weighted by molar-refractivity contribution is 6.32. The van der Waals surface area contributed by atoms with Crippen molar-refractivity contribution >= 4 is 40.9 Å². The van der Waals surface area contributed by atoms with Crippen LogP contribution in [0.3, 0.4) is 0 Å². The number of halogens is 2. The van der Waals surface area contributed by atoms with Gasteiger partial charge in [-0.25, -0.2) is 10.8 Å². The molecule has 3 rings (SSSR count). The Labute approximate surface area is 132 Å². The van der Waals surface area contributed by atoms with E-state index < -0.39 is 0 Å². The van der Waals surface area contributed by atoms with Crippen LogP contribution in [0.4, 0.5) is 5.69 Å². The normalized spacial score (nSPS) is 16.9. The smallest absolute Gasteiger partial charge is 0.146 e. The highest BCUT2D eigenvalue weighted by Crippen LogP contribution is 2.31. The standard InChI is InChI=1S/C15H12Cl2N4/c16-10-5-6-13-9(7-10)8-19-14(15(20-13)21-18)11-3-1-2-4-12(11)17/h1-8,14H,18H2,(H,20,21). The van der Waals surface area contributed by atoms with E-state index in [0.717, 1.165) is 16.8 Å². The third-order valence-electron chi connectivity index (χ3n) is 3.20. The maximum atomic E-state index is 6.25. The fourth-order valence-electron chi connectivity index (χ4n) is 2.18. The predicted molar refractivity (Wildman–Crippen MR) is 87.7 cm³/mol. The molecule has 1 unspecified atom stereocenters. The second-order valence-electron chi connectivity index (χ2n) is 4.55. The first-order valence-electron chi connectivity index (χ1n) is 6.31. The van der Waals surface area contributed by atoms with Gasteiger partial charge in [-0.1, -0.05) is 41.4 Å². The summed E-state index contributed by atoms with van der Waals surface area (Å²) in [7, 11) is 0. The van der Waals surface area contributed by atoms with Crippen molar-refractivity contribution in [1.82, 2.24) is 5.43 Å². The zero-order valence-electron chi connectivity index (χ0n) is 10.9. The lowest BCUT2D eigenvalue weighted by Gasteiger charge is -2.15. The SMILES string of the molecule is NNC1=Nc2ccc(Cl)cc2C=NC1c1ccccc1Cl. The molecule has 0 amide bonds. The summed E-state index contributed by atoms with van der Waals surface area (Å²) in [6.07, 6.45) is 1.74. The lowest BCUT2D eigenvalue weighted by atomic mass is 10.1. The first kappa shape index (κ1) is 14.1. The lowest BCUT2D eigenvalue weighted by molar-refractivity contribution is 0.878. The minimum atomic E-state index is -0.380. The van der Waals surface area contributed by atoms with E-state index in [1.54, 1.807) is 12.3 Å². The van der Waals surface area contributed by atoms with Gasteiger partial charge in [-0.3, -0.25) is 4.99 Å². The molecule has 1 aliphatic rings. The van der Waals surface area contributed by atoms with Crippen LogP contribution in [-0.4, -0.2) is 12.1 Å². The van der Waals surface area contributed by atoms with E-state index >= 15 is 0 Å². The van der Waals surface area contributed by atoms with E-state index in [9.17, 15) is 0 Å². The second kappa shape index (κ2) is 5.85. The fourth-order valence-corrected chi connectivity index (χ4v) is 2.60. The van der Waals surface area contributed by atoms with Gasteiger partial charge >= 0.3 is 0 Å². The Morgan fingerprint density at radius 1 is 1.10 bits per heavy atom. The minimum Gasteiger partial charge on any atom is -0.310 e. The third kappa shape index (κ3) is 2.78. The lowest BCUT2D eigenvalue weighted by Crippen LogP contribution is -2.34. The molecule has 0 bridgehead atoms. The summed E-state index contributed by atoms with van der Waals surface area (Å²) < 4.78 is 0. The van der Waals surface area contributed by atoms with Crippen molar-refractivity contribution in [3.63, 3.8) is 0 Å². The molecule has 0 aromatic heterocycles. The van der Waals surface area contributed by atoms with Crippen molar-refractivity contribution in [1.29, 1.82) is 0 Å². The Morgan fingerprint density at radius 3 is 2.67 bits per heavy atom. The number of hydrogen-bond acceptors (Lipinski definition) is 4. The molecule has 4 nitrogen and oxygen atoms in total. The van der Waals surface area contributed by atoms with Crippen molar-refractivity contribution in [2.75, 3.05) is 0 Å². The molecule has 1 aliphatic heterocycles. The van der Waals surface area contributed by atoms with Gasteiger partial charge in [-0.05, 0) is 24.3 Å². The molecule has 0 radical (unpaired) electrons. The first-order chi connectivity index (χ1) is 10.2. The third-order valence-corrected chi connectivity index (χ3v) is 3.78. The molecular formula is C15H12Cl2N4. The molecule has 0 fully saturated rings. The largest absolute Gasteiger partial charge is 0.310 e. The molecule has 3 N–H and O–H groups in total. The first-order valence-corrected chi connectivity index (χ1v) is 7.07. The van der Waals surface area contributed by atoms with Crippen LogP contribution < -0.4 is 11.3 Å². The van der Waals surface area contributed by atoms with E-state index in [2.05, 4.69) is 15.4 Å². The molecule has 0 aliphatic carbocycles. The van der Waals surface area contributed by atoms with Gasteiger partial charge in [0.05, 0.1) is 5.69 Å². The highest BCUT2D eigenvalue weighted by Gasteiger charge is 2.21. The zero-order chi connectivity index (χ0) is 14.8. The number of nitrogens with zero attached hydrogens (tertiary/aromatic N) is 2. The van der Waals surface area contributed by atoms with Crippen LogP contribution in [0.5, 0.6) is 0 Å². The van der Waals surface area contributed by atoms with Gasteiger partial charge in [0.25, 0.3) is 0 Å². The molecule has 1 heterocycles. The van der Waals surface area contributed by atoms with Crippen LogP contribution in [0, 0.1) is 0 Å². The number of fused-ring (bicyclic) bond motifs is 1. The Bertz CT molecular complexity index is 740. The molecule has 106 valence electrons. The number of hydrogen-bond donors (Lipinski definition) is 2. The Balaban J connectivity index is 2.13. The van der Waals surface area contributed by atoms with E-state index in [4.69, 9.17) is 29.0 Å². The van der Waals surface area contributed by atoms with Gasteiger partial charge < -0.3 is 5.43 Å². The van der Waals surface area contributed by atoms with Gasteiger partial charge in [0, 0.05) is 27.4 Å². The van der Waals surface area contributed by atoms with Crippen LogP contribution in [0.1, 0.15) is 17.2 Å². The van der Waals surface area contributed by atoms with Gasteiger partial charge in [0.15, 0.2) is 0 Å². The molecule has 21 heavy (non-hydrogen) atoms. The predicted octanol–water partition coefficient (Wildman–Crippen LogP) is 3.66. The van der Waals surface area contributed by atoms with Crippen LogP contribution in [0.25, 0.3) is 0 Å². The number of hydrazine groups is 1. The van der Waals surface area contributed by atoms with E-state index in [1.165, 1.54) is 0 Å². The number of nitrogens with one attached hydrogen (secondary N) is 1.